The van der Waals surface area contributed by atoms with Crippen LogP contribution in [0.2, 0.25) is 0 Å². The topological polar surface area (TPSA) is 80.1 Å². The maximum atomic E-state index is 12.7. The molecule has 132 valence electrons. The Morgan fingerprint density at radius 1 is 1.12 bits per heavy atom. The summed E-state index contributed by atoms with van der Waals surface area (Å²) in [5.74, 6) is 0.567. The number of hydrogen-bond donors (Lipinski definition) is 1. The molecule has 1 amide bonds. The number of hydrogen-bond acceptors (Lipinski definition) is 5. The lowest BCUT2D eigenvalue weighted by molar-refractivity contribution is 0.0716. The summed E-state index contributed by atoms with van der Waals surface area (Å²) in [5, 5.41) is 11.5. The molecule has 0 atom stereocenters. The van der Waals surface area contributed by atoms with Gasteiger partial charge in [0.05, 0.1) is 5.69 Å². The summed E-state index contributed by atoms with van der Waals surface area (Å²) in [7, 11) is 1.69. The van der Waals surface area contributed by atoms with Crippen molar-refractivity contribution in [1.82, 2.24) is 19.7 Å². The molecule has 0 saturated carbocycles. The molecule has 1 aliphatic rings. The number of carbonyl (C=O) groups is 1. The summed E-state index contributed by atoms with van der Waals surface area (Å²) < 4.78 is 1.51. The lowest BCUT2D eigenvalue weighted by Gasteiger charge is -2.32. The van der Waals surface area contributed by atoms with Gasteiger partial charge in [-0.25, -0.2) is 0 Å². The van der Waals surface area contributed by atoms with Crippen molar-refractivity contribution in [3.63, 3.8) is 0 Å². The van der Waals surface area contributed by atoms with Crippen LogP contribution in [0.3, 0.4) is 0 Å². The average molecular weight is 341 g/mol. The van der Waals surface area contributed by atoms with Gasteiger partial charge in [0.2, 0.25) is 0 Å². The first-order valence-corrected chi connectivity index (χ1v) is 8.48. The minimum atomic E-state index is -0.236. The zero-order valence-electron chi connectivity index (χ0n) is 14.8. The second-order valence-corrected chi connectivity index (χ2v) is 6.52. The minimum Gasteiger partial charge on any atom is -0.366 e. The van der Waals surface area contributed by atoms with Crippen molar-refractivity contribution >= 4 is 11.7 Å². The Kier molecular flexibility index (Phi) is 4.83. The molecule has 2 aromatic heterocycles. The molecule has 1 saturated heterocycles. The molecular weight excluding hydrogens is 318 g/mol. The lowest BCUT2D eigenvalue weighted by atomic mass is 10.0. The van der Waals surface area contributed by atoms with E-state index in [1.165, 1.54) is 4.57 Å². The third kappa shape index (κ3) is 3.70. The standard InChI is InChI=1S/C18H23N5O2/c1-12-4-7-16(21-20-12)19-14-8-10-23(11-9-14)18(25)15-6-5-13(2)22(3)17(15)24/h4-7,14H,8-11H2,1-3H3,(H,19,21). The number of aryl methyl sites for hydroxylation is 2. The monoisotopic (exact) mass is 341 g/mol. The molecule has 1 fully saturated rings. The van der Waals surface area contributed by atoms with Crippen LogP contribution in [0.1, 0.15) is 34.6 Å². The average Bonchev–Trinajstić information content (AvgIpc) is 2.62. The quantitative estimate of drug-likeness (QED) is 0.915. The van der Waals surface area contributed by atoms with Gasteiger partial charge in [-0.2, -0.15) is 5.10 Å². The summed E-state index contributed by atoms with van der Waals surface area (Å²) >= 11 is 0. The smallest absolute Gasteiger partial charge is 0.263 e. The van der Waals surface area contributed by atoms with Gasteiger partial charge in [-0.15, -0.1) is 5.10 Å². The lowest BCUT2D eigenvalue weighted by Crippen LogP contribution is -2.44. The van der Waals surface area contributed by atoms with Crippen LogP contribution in [0.15, 0.2) is 29.1 Å². The molecule has 25 heavy (non-hydrogen) atoms. The molecule has 0 aliphatic carbocycles. The van der Waals surface area contributed by atoms with Crippen LogP contribution >= 0.6 is 0 Å². The van der Waals surface area contributed by atoms with Crippen LogP contribution in [-0.4, -0.2) is 44.7 Å². The van der Waals surface area contributed by atoms with Crippen molar-refractivity contribution in [2.45, 2.75) is 32.7 Å². The zero-order valence-corrected chi connectivity index (χ0v) is 14.8. The fourth-order valence-electron chi connectivity index (χ4n) is 2.97. The van der Waals surface area contributed by atoms with Gasteiger partial charge in [0.15, 0.2) is 0 Å². The molecule has 3 heterocycles. The summed E-state index contributed by atoms with van der Waals surface area (Å²) in [5.41, 5.74) is 1.72. The van der Waals surface area contributed by atoms with E-state index in [9.17, 15) is 9.59 Å². The van der Waals surface area contributed by atoms with Crippen LogP contribution < -0.4 is 10.9 Å². The first-order chi connectivity index (χ1) is 12.0. The highest BCUT2D eigenvalue weighted by Crippen LogP contribution is 2.16. The van der Waals surface area contributed by atoms with Crippen molar-refractivity contribution in [2.24, 2.45) is 7.05 Å². The van der Waals surface area contributed by atoms with E-state index in [1.807, 2.05) is 26.0 Å². The van der Waals surface area contributed by atoms with Crippen molar-refractivity contribution in [2.75, 3.05) is 18.4 Å². The predicted molar refractivity (Wildman–Crippen MR) is 95.7 cm³/mol. The van der Waals surface area contributed by atoms with E-state index in [-0.39, 0.29) is 23.1 Å². The van der Waals surface area contributed by atoms with Crippen LogP contribution in [0.4, 0.5) is 5.82 Å². The number of amides is 1. The van der Waals surface area contributed by atoms with Crippen LogP contribution in [0.5, 0.6) is 0 Å². The SMILES string of the molecule is Cc1ccc(NC2CCN(C(=O)c3ccc(C)n(C)c3=O)CC2)nn1. The molecule has 3 rings (SSSR count). The fourth-order valence-corrected chi connectivity index (χ4v) is 2.97. The zero-order chi connectivity index (χ0) is 18.0. The van der Waals surface area contributed by atoms with Crippen LogP contribution in [0.25, 0.3) is 0 Å². The molecule has 1 aliphatic heterocycles. The number of piperidine rings is 1. The van der Waals surface area contributed by atoms with Gasteiger partial charge >= 0.3 is 0 Å². The fraction of sp³-hybridized carbons (Fsp3) is 0.444. The van der Waals surface area contributed by atoms with Gasteiger partial charge in [0.25, 0.3) is 11.5 Å². The maximum absolute atomic E-state index is 12.7. The highest BCUT2D eigenvalue weighted by Gasteiger charge is 2.25. The van der Waals surface area contributed by atoms with E-state index in [4.69, 9.17) is 0 Å². The number of rotatable bonds is 3. The van der Waals surface area contributed by atoms with E-state index >= 15 is 0 Å². The summed E-state index contributed by atoms with van der Waals surface area (Å²) in [6.45, 7) is 4.98. The summed E-state index contributed by atoms with van der Waals surface area (Å²) in [4.78, 5) is 26.7. The highest BCUT2D eigenvalue weighted by molar-refractivity contribution is 5.94. The predicted octanol–water partition coefficient (Wildman–Crippen LogP) is 1.51. The van der Waals surface area contributed by atoms with Crippen molar-refractivity contribution in [3.8, 4) is 0 Å². The Labute approximate surface area is 146 Å². The van der Waals surface area contributed by atoms with Gasteiger partial charge in [0.1, 0.15) is 11.4 Å². The Morgan fingerprint density at radius 3 is 2.48 bits per heavy atom. The number of anilines is 1. The Bertz CT molecular complexity index is 820. The van der Waals surface area contributed by atoms with Crippen molar-refractivity contribution in [1.29, 1.82) is 0 Å². The number of likely N-dealkylation sites (tertiary alicyclic amines) is 1. The first-order valence-electron chi connectivity index (χ1n) is 8.48. The van der Waals surface area contributed by atoms with Crippen molar-refractivity contribution in [3.05, 3.63) is 51.6 Å². The normalized spacial score (nSPS) is 15.2. The number of aromatic nitrogens is 3. The van der Waals surface area contributed by atoms with Crippen LogP contribution in [0, 0.1) is 13.8 Å². The molecule has 2 aromatic rings. The maximum Gasteiger partial charge on any atom is 0.263 e. The van der Waals surface area contributed by atoms with Gasteiger partial charge in [-0.1, -0.05) is 0 Å². The van der Waals surface area contributed by atoms with E-state index in [1.54, 1.807) is 24.1 Å². The molecule has 1 N–H and O–H groups in total. The van der Waals surface area contributed by atoms with Gasteiger partial charge < -0.3 is 14.8 Å². The summed E-state index contributed by atoms with van der Waals surface area (Å²) in [6.07, 6.45) is 1.63. The second-order valence-electron chi connectivity index (χ2n) is 6.52. The minimum absolute atomic E-state index is 0.186. The highest BCUT2D eigenvalue weighted by atomic mass is 16.2. The van der Waals surface area contributed by atoms with E-state index in [0.717, 1.165) is 30.0 Å². The molecular formula is C18H23N5O2. The number of nitrogens with one attached hydrogen (secondary N) is 1. The van der Waals surface area contributed by atoms with Gasteiger partial charge in [0, 0.05) is 31.9 Å². The Balaban J connectivity index is 1.62. The van der Waals surface area contributed by atoms with Gasteiger partial charge in [-0.3, -0.25) is 9.59 Å². The first kappa shape index (κ1) is 17.1. The third-order valence-electron chi connectivity index (χ3n) is 4.72. The van der Waals surface area contributed by atoms with E-state index < -0.39 is 0 Å². The van der Waals surface area contributed by atoms with Crippen LogP contribution in [-0.2, 0) is 7.05 Å². The number of carbonyl (C=O) groups excluding carboxylic acids is 1. The summed E-state index contributed by atoms with van der Waals surface area (Å²) in [6, 6.07) is 7.52. The number of nitrogens with zero attached hydrogens (tertiary/aromatic N) is 4. The molecule has 0 unspecified atom stereocenters. The van der Waals surface area contributed by atoms with Gasteiger partial charge in [-0.05, 0) is 51.0 Å². The van der Waals surface area contributed by atoms with Crippen molar-refractivity contribution < 1.29 is 4.79 Å². The van der Waals surface area contributed by atoms with E-state index in [2.05, 4.69) is 15.5 Å². The molecule has 0 aromatic carbocycles. The molecule has 7 nitrogen and oxygen atoms in total. The Morgan fingerprint density at radius 2 is 1.84 bits per heavy atom. The largest absolute Gasteiger partial charge is 0.366 e. The molecule has 0 radical (unpaired) electrons. The Hall–Kier alpha value is -2.70. The molecule has 0 spiro atoms. The molecule has 0 bridgehead atoms. The number of pyridine rings is 1. The third-order valence-corrected chi connectivity index (χ3v) is 4.72. The van der Waals surface area contributed by atoms with E-state index in [0.29, 0.717) is 13.1 Å². The second kappa shape index (κ2) is 7.04. The molecule has 7 heteroatoms.